The van der Waals surface area contributed by atoms with Gasteiger partial charge in [-0.1, -0.05) is 12.1 Å². The van der Waals surface area contributed by atoms with Gasteiger partial charge in [-0.15, -0.1) is 0 Å². The minimum absolute atomic E-state index is 0.0742. The molecule has 2 aromatic carbocycles. The predicted molar refractivity (Wildman–Crippen MR) is 76.4 cm³/mol. The van der Waals surface area contributed by atoms with Gasteiger partial charge in [0.25, 0.3) is 10.0 Å². The van der Waals surface area contributed by atoms with E-state index in [4.69, 9.17) is 14.2 Å². The third kappa shape index (κ3) is 2.59. The lowest BCUT2D eigenvalue weighted by atomic mass is 10.3. The van der Waals surface area contributed by atoms with E-state index in [2.05, 4.69) is 4.72 Å². The van der Waals surface area contributed by atoms with E-state index < -0.39 is 10.0 Å². The molecule has 3 rings (SSSR count). The zero-order chi connectivity index (χ0) is 14.9. The highest BCUT2D eigenvalue weighted by Gasteiger charge is 2.20. The van der Waals surface area contributed by atoms with Crippen LogP contribution in [-0.4, -0.2) is 22.3 Å². The Morgan fingerprint density at radius 1 is 1.10 bits per heavy atom. The molecule has 0 atom stereocenters. The number of anilines is 1. The highest BCUT2D eigenvalue weighted by Crippen LogP contribution is 2.35. The van der Waals surface area contributed by atoms with Crippen LogP contribution >= 0.6 is 0 Å². The summed E-state index contributed by atoms with van der Waals surface area (Å²) in [7, 11) is -2.32. The average molecular weight is 307 g/mol. The molecular formula is C14H13NO5S. The van der Waals surface area contributed by atoms with E-state index in [9.17, 15) is 8.42 Å². The van der Waals surface area contributed by atoms with Gasteiger partial charge in [-0.25, -0.2) is 8.42 Å². The van der Waals surface area contributed by atoms with E-state index in [0.29, 0.717) is 17.2 Å². The molecule has 0 radical (unpaired) electrons. The first-order valence-electron chi connectivity index (χ1n) is 6.15. The molecule has 7 heteroatoms. The molecule has 0 aromatic heterocycles. The van der Waals surface area contributed by atoms with Crippen molar-refractivity contribution >= 4 is 15.7 Å². The zero-order valence-electron chi connectivity index (χ0n) is 11.2. The SMILES string of the molecule is COc1ccccc1S(=O)(=O)Nc1ccc2c(c1)OCO2. The number of sulfonamides is 1. The van der Waals surface area contributed by atoms with Gasteiger partial charge >= 0.3 is 0 Å². The number of nitrogens with one attached hydrogen (secondary N) is 1. The maximum Gasteiger partial charge on any atom is 0.265 e. The summed E-state index contributed by atoms with van der Waals surface area (Å²) in [6.45, 7) is 0.137. The van der Waals surface area contributed by atoms with Crippen molar-refractivity contribution in [1.29, 1.82) is 0 Å². The Balaban J connectivity index is 1.93. The van der Waals surface area contributed by atoms with Crippen LogP contribution in [-0.2, 0) is 10.0 Å². The van der Waals surface area contributed by atoms with Crippen LogP contribution < -0.4 is 18.9 Å². The van der Waals surface area contributed by atoms with Gasteiger partial charge in [0.1, 0.15) is 10.6 Å². The summed E-state index contributed by atoms with van der Waals surface area (Å²) < 4.78 is 42.8. The summed E-state index contributed by atoms with van der Waals surface area (Å²) in [5.74, 6) is 1.39. The molecule has 0 saturated carbocycles. The largest absolute Gasteiger partial charge is 0.495 e. The number of methoxy groups -OCH3 is 1. The molecule has 0 spiro atoms. The van der Waals surface area contributed by atoms with E-state index in [1.807, 2.05) is 0 Å². The predicted octanol–water partition coefficient (Wildman–Crippen LogP) is 2.22. The molecule has 0 saturated heterocycles. The molecule has 0 amide bonds. The Kier molecular flexibility index (Phi) is 3.34. The second-order valence-electron chi connectivity index (χ2n) is 4.32. The fraction of sp³-hybridized carbons (Fsp3) is 0.143. The summed E-state index contributed by atoms with van der Waals surface area (Å²) in [6, 6.07) is 11.3. The van der Waals surface area contributed by atoms with E-state index in [-0.39, 0.29) is 17.4 Å². The van der Waals surface area contributed by atoms with Crippen LogP contribution in [0.25, 0.3) is 0 Å². The standard InChI is InChI=1S/C14H13NO5S/c1-18-12-4-2-3-5-14(12)21(16,17)15-10-6-7-11-13(8-10)20-9-19-11/h2-8,15H,9H2,1H3. The van der Waals surface area contributed by atoms with Crippen molar-refractivity contribution in [2.75, 3.05) is 18.6 Å². The highest BCUT2D eigenvalue weighted by atomic mass is 32.2. The van der Waals surface area contributed by atoms with E-state index in [0.717, 1.165) is 0 Å². The quantitative estimate of drug-likeness (QED) is 0.937. The zero-order valence-corrected chi connectivity index (χ0v) is 12.0. The van der Waals surface area contributed by atoms with Gasteiger partial charge in [-0.05, 0) is 24.3 Å². The van der Waals surface area contributed by atoms with Crippen molar-refractivity contribution in [3.8, 4) is 17.2 Å². The molecule has 0 aliphatic carbocycles. The van der Waals surface area contributed by atoms with Crippen LogP contribution in [0.2, 0.25) is 0 Å². The second-order valence-corrected chi connectivity index (χ2v) is 5.98. The molecule has 1 aliphatic rings. The fourth-order valence-corrected chi connectivity index (χ4v) is 3.23. The molecule has 1 N–H and O–H groups in total. The highest BCUT2D eigenvalue weighted by molar-refractivity contribution is 7.92. The Labute approximate surface area is 122 Å². The second kappa shape index (κ2) is 5.17. The normalized spacial score (nSPS) is 13.0. The summed E-state index contributed by atoms with van der Waals surface area (Å²) in [6.07, 6.45) is 0. The molecule has 2 aromatic rings. The van der Waals surface area contributed by atoms with Crippen molar-refractivity contribution in [2.24, 2.45) is 0 Å². The molecule has 0 unspecified atom stereocenters. The lowest BCUT2D eigenvalue weighted by Gasteiger charge is -2.11. The van der Waals surface area contributed by atoms with Crippen LogP contribution in [0.15, 0.2) is 47.4 Å². The minimum Gasteiger partial charge on any atom is -0.495 e. The monoisotopic (exact) mass is 307 g/mol. The number of hydrogen-bond donors (Lipinski definition) is 1. The molecule has 6 nitrogen and oxygen atoms in total. The molecule has 21 heavy (non-hydrogen) atoms. The number of para-hydroxylation sites is 1. The van der Waals surface area contributed by atoms with Crippen molar-refractivity contribution in [3.05, 3.63) is 42.5 Å². The Bertz CT molecular complexity index is 773. The van der Waals surface area contributed by atoms with Crippen LogP contribution in [0.5, 0.6) is 17.2 Å². The lowest BCUT2D eigenvalue weighted by molar-refractivity contribution is 0.174. The maximum absolute atomic E-state index is 12.4. The van der Waals surface area contributed by atoms with Gasteiger partial charge in [0.05, 0.1) is 12.8 Å². The first-order chi connectivity index (χ1) is 10.1. The van der Waals surface area contributed by atoms with Crippen molar-refractivity contribution in [2.45, 2.75) is 4.90 Å². The Morgan fingerprint density at radius 2 is 1.86 bits per heavy atom. The molecule has 0 fully saturated rings. The van der Waals surface area contributed by atoms with Crippen molar-refractivity contribution in [3.63, 3.8) is 0 Å². The van der Waals surface area contributed by atoms with Gasteiger partial charge in [-0.3, -0.25) is 4.72 Å². The Morgan fingerprint density at radius 3 is 2.67 bits per heavy atom. The number of benzene rings is 2. The number of ether oxygens (including phenoxy) is 3. The smallest absolute Gasteiger partial charge is 0.265 e. The average Bonchev–Trinajstić information content (AvgIpc) is 2.94. The molecule has 110 valence electrons. The van der Waals surface area contributed by atoms with E-state index in [1.165, 1.54) is 13.2 Å². The van der Waals surface area contributed by atoms with Gasteiger partial charge in [0, 0.05) is 6.07 Å². The van der Waals surface area contributed by atoms with Crippen LogP contribution in [0, 0.1) is 0 Å². The Hall–Kier alpha value is -2.41. The van der Waals surface area contributed by atoms with Gasteiger partial charge < -0.3 is 14.2 Å². The molecule has 1 heterocycles. The van der Waals surface area contributed by atoms with Gasteiger partial charge in [-0.2, -0.15) is 0 Å². The van der Waals surface area contributed by atoms with Crippen LogP contribution in [0.3, 0.4) is 0 Å². The number of rotatable bonds is 4. The summed E-state index contributed by atoms with van der Waals surface area (Å²) in [5, 5.41) is 0. The van der Waals surface area contributed by atoms with Crippen molar-refractivity contribution in [1.82, 2.24) is 0 Å². The molecular weight excluding hydrogens is 294 g/mol. The maximum atomic E-state index is 12.4. The first-order valence-corrected chi connectivity index (χ1v) is 7.64. The third-order valence-electron chi connectivity index (χ3n) is 2.98. The third-order valence-corrected chi connectivity index (χ3v) is 4.40. The molecule has 1 aliphatic heterocycles. The van der Waals surface area contributed by atoms with Crippen LogP contribution in [0.1, 0.15) is 0 Å². The summed E-state index contributed by atoms with van der Waals surface area (Å²) in [4.78, 5) is 0.0742. The van der Waals surface area contributed by atoms with E-state index >= 15 is 0 Å². The van der Waals surface area contributed by atoms with Crippen molar-refractivity contribution < 1.29 is 22.6 Å². The van der Waals surface area contributed by atoms with Gasteiger partial charge in [0.2, 0.25) is 6.79 Å². The first kappa shape index (κ1) is 13.6. The van der Waals surface area contributed by atoms with Gasteiger partial charge in [0.15, 0.2) is 11.5 Å². The fourth-order valence-electron chi connectivity index (χ4n) is 2.01. The summed E-state index contributed by atoms with van der Waals surface area (Å²) >= 11 is 0. The van der Waals surface area contributed by atoms with E-state index in [1.54, 1.807) is 36.4 Å². The number of hydrogen-bond acceptors (Lipinski definition) is 5. The summed E-state index contributed by atoms with van der Waals surface area (Å²) in [5.41, 5.74) is 0.394. The van der Waals surface area contributed by atoms with Crippen LogP contribution in [0.4, 0.5) is 5.69 Å². The number of fused-ring (bicyclic) bond motifs is 1. The minimum atomic E-state index is -3.74. The molecule has 0 bridgehead atoms. The topological polar surface area (TPSA) is 73.9 Å². The lowest BCUT2D eigenvalue weighted by Crippen LogP contribution is -2.13.